The zero-order chi connectivity index (χ0) is 18.9. The van der Waals surface area contributed by atoms with E-state index in [1.807, 2.05) is 0 Å². The zero-order valence-electron chi connectivity index (χ0n) is 13.6. The van der Waals surface area contributed by atoms with Crippen LogP contribution in [0.15, 0.2) is 42.5 Å². The van der Waals surface area contributed by atoms with E-state index in [-0.39, 0.29) is 18.9 Å². The molecule has 136 valence electrons. The predicted octanol–water partition coefficient (Wildman–Crippen LogP) is 3.01. The van der Waals surface area contributed by atoms with Gasteiger partial charge in [-0.1, -0.05) is 18.2 Å². The van der Waals surface area contributed by atoms with Crippen molar-refractivity contribution in [2.75, 3.05) is 23.3 Å². The summed E-state index contributed by atoms with van der Waals surface area (Å²) in [6.45, 7) is 0.261. The van der Waals surface area contributed by atoms with E-state index in [4.69, 9.17) is 5.73 Å². The van der Waals surface area contributed by atoms with E-state index in [1.54, 1.807) is 23.1 Å². The van der Waals surface area contributed by atoms with Crippen molar-refractivity contribution in [3.8, 4) is 11.1 Å². The maximum atomic E-state index is 12.7. The van der Waals surface area contributed by atoms with Crippen LogP contribution in [0.1, 0.15) is 12.0 Å². The fraction of sp³-hybridized carbons (Fsp3) is 0.222. The molecular formula is C18H16F3N3O2. The predicted molar refractivity (Wildman–Crippen MR) is 91.5 cm³/mol. The molecule has 5 nitrogen and oxygen atoms in total. The number of halogens is 3. The minimum atomic E-state index is -4.39. The highest BCUT2D eigenvalue weighted by molar-refractivity contribution is 5.98. The van der Waals surface area contributed by atoms with Gasteiger partial charge in [0.05, 0.1) is 23.5 Å². The smallest absolute Gasteiger partial charge is 0.368 e. The summed E-state index contributed by atoms with van der Waals surface area (Å²) in [5, 5.41) is 2.75. The van der Waals surface area contributed by atoms with Crippen molar-refractivity contribution < 1.29 is 22.8 Å². The standard InChI is InChI=1S/C18H16F3N3O2/c19-18(20,21)13-4-1-11(2-5-13)12-3-6-14-15(9-12)24(10-16(22)25)8-7-17(26)23-14/h1-6,9H,7-8,10H2,(H2,22,25)(H,23,26). The number of alkyl halides is 3. The molecule has 26 heavy (non-hydrogen) atoms. The number of rotatable bonds is 3. The molecule has 1 aliphatic heterocycles. The Hall–Kier alpha value is -3.03. The van der Waals surface area contributed by atoms with E-state index in [0.29, 0.717) is 29.0 Å². The summed E-state index contributed by atoms with van der Waals surface area (Å²) in [7, 11) is 0. The fourth-order valence-electron chi connectivity index (χ4n) is 2.85. The fourth-order valence-corrected chi connectivity index (χ4v) is 2.85. The summed E-state index contributed by atoms with van der Waals surface area (Å²) in [6, 6.07) is 9.91. The third-order valence-electron chi connectivity index (χ3n) is 4.11. The number of amides is 2. The third kappa shape index (κ3) is 3.79. The SMILES string of the molecule is NC(=O)CN1CCC(=O)Nc2ccc(-c3ccc(C(F)(F)F)cc3)cc21. The second kappa shape index (κ2) is 6.70. The van der Waals surface area contributed by atoms with E-state index in [9.17, 15) is 22.8 Å². The molecule has 2 aromatic carbocycles. The molecule has 3 rings (SSSR count). The van der Waals surface area contributed by atoms with Crippen molar-refractivity contribution in [3.63, 3.8) is 0 Å². The minimum absolute atomic E-state index is 0.0571. The van der Waals surface area contributed by atoms with Gasteiger partial charge >= 0.3 is 6.18 Å². The van der Waals surface area contributed by atoms with E-state index in [2.05, 4.69) is 5.32 Å². The lowest BCUT2D eigenvalue weighted by Gasteiger charge is -2.23. The van der Waals surface area contributed by atoms with Gasteiger partial charge in [0.15, 0.2) is 0 Å². The number of primary amides is 1. The van der Waals surface area contributed by atoms with Gasteiger partial charge in [-0.15, -0.1) is 0 Å². The maximum Gasteiger partial charge on any atom is 0.416 e. The lowest BCUT2D eigenvalue weighted by molar-refractivity contribution is -0.137. The van der Waals surface area contributed by atoms with Crippen molar-refractivity contribution in [2.24, 2.45) is 5.73 Å². The van der Waals surface area contributed by atoms with Gasteiger partial charge in [0, 0.05) is 13.0 Å². The molecule has 0 spiro atoms. The highest BCUT2D eigenvalue weighted by Gasteiger charge is 2.30. The van der Waals surface area contributed by atoms with Gasteiger partial charge in [-0.05, 0) is 35.4 Å². The highest BCUT2D eigenvalue weighted by atomic mass is 19.4. The van der Waals surface area contributed by atoms with Crippen LogP contribution in [-0.4, -0.2) is 24.9 Å². The molecule has 0 atom stereocenters. The Morgan fingerprint density at radius 3 is 2.38 bits per heavy atom. The number of carbonyl (C=O) groups excluding carboxylic acids is 2. The van der Waals surface area contributed by atoms with Crippen molar-refractivity contribution in [1.29, 1.82) is 0 Å². The molecule has 0 bridgehead atoms. The number of anilines is 2. The Bertz CT molecular complexity index is 848. The zero-order valence-corrected chi connectivity index (χ0v) is 13.6. The number of nitrogens with zero attached hydrogens (tertiary/aromatic N) is 1. The number of benzene rings is 2. The molecule has 0 fully saturated rings. The lowest BCUT2D eigenvalue weighted by atomic mass is 10.0. The van der Waals surface area contributed by atoms with Gasteiger partial charge < -0.3 is 16.0 Å². The van der Waals surface area contributed by atoms with Crippen LogP contribution in [0.2, 0.25) is 0 Å². The Kier molecular flexibility index (Phi) is 4.58. The molecule has 8 heteroatoms. The Labute approximate surface area is 147 Å². The summed E-state index contributed by atoms with van der Waals surface area (Å²) in [5.41, 5.74) is 6.95. The van der Waals surface area contributed by atoms with E-state index in [0.717, 1.165) is 12.1 Å². The van der Waals surface area contributed by atoms with Gasteiger partial charge in [-0.25, -0.2) is 0 Å². The van der Waals surface area contributed by atoms with Crippen LogP contribution in [0.3, 0.4) is 0 Å². The van der Waals surface area contributed by atoms with Crippen LogP contribution in [0, 0.1) is 0 Å². The summed E-state index contributed by atoms with van der Waals surface area (Å²) >= 11 is 0. The van der Waals surface area contributed by atoms with E-state index in [1.165, 1.54) is 12.1 Å². The van der Waals surface area contributed by atoms with Crippen LogP contribution < -0.4 is 16.0 Å². The molecule has 0 aromatic heterocycles. The van der Waals surface area contributed by atoms with E-state index < -0.39 is 17.6 Å². The third-order valence-corrected chi connectivity index (χ3v) is 4.11. The second-order valence-corrected chi connectivity index (χ2v) is 5.99. The topological polar surface area (TPSA) is 75.4 Å². The molecule has 2 aromatic rings. The Balaban J connectivity index is 1.99. The molecule has 0 unspecified atom stereocenters. The minimum Gasteiger partial charge on any atom is -0.368 e. The van der Waals surface area contributed by atoms with Crippen LogP contribution in [-0.2, 0) is 15.8 Å². The molecule has 0 radical (unpaired) electrons. The van der Waals surface area contributed by atoms with Crippen molar-refractivity contribution in [2.45, 2.75) is 12.6 Å². The Morgan fingerprint density at radius 1 is 1.12 bits per heavy atom. The lowest BCUT2D eigenvalue weighted by Crippen LogP contribution is -2.34. The molecule has 0 saturated carbocycles. The first-order chi connectivity index (χ1) is 12.2. The average Bonchev–Trinajstić information content (AvgIpc) is 2.72. The molecule has 1 heterocycles. The number of hydrogen-bond donors (Lipinski definition) is 2. The number of carbonyl (C=O) groups is 2. The molecule has 0 aliphatic carbocycles. The molecule has 1 aliphatic rings. The molecular weight excluding hydrogens is 347 g/mol. The summed E-state index contributed by atoms with van der Waals surface area (Å²) in [5.74, 6) is -0.717. The van der Waals surface area contributed by atoms with Gasteiger partial charge in [0.2, 0.25) is 11.8 Å². The van der Waals surface area contributed by atoms with Gasteiger partial charge in [0.25, 0.3) is 0 Å². The van der Waals surface area contributed by atoms with Gasteiger partial charge in [-0.2, -0.15) is 13.2 Å². The first-order valence-electron chi connectivity index (χ1n) is 7.89. The number of nitrogens with two attached hydrogens (primary N) is 1. The van der Waals surface area contributed by atoms with Crippen LogP contribution in [0.4, 0.5) is 24.5 Å². The molecule has 3 N–H and O–H groups in total. The van der Waals surface area contributed by atoms with Crippen molar-refractivity contribution in [1.82, 2.24) is 0 Å². The highest BCUT2D eigenvalue weighted by Crippen LogP contribution is 2.35. The normalized spacial score (nSPS) is 14.4. The van der Waals surface area contributed by atoms with Crippen molar-refractivity contribution >= 4 is 23.2 Å². The largest absolute Gasteiger partial charge is 0.416 e. The molecule has 2 amide bonds. The maximum absolute atomic E-state index is 12.7. The number of hydrogen-bond acceptors (Lipinski definition) is 3. The summed E-state index contributed by atoms with van der Waals surface area (Å²) in [6.07, 6.45) is -4.19. The van der Waals surface area contributed by atoms with Crippen LogP contribution in [0.25, 0.3) is 11.1 Å². The van der Waals surface area contributed by atoms with Gasteiger partial charge in [0.1, 0.15) is 0 Å². The summed E-state index contributed by atoms with van der Waals surface area (Å²) in [4.78, 5) is 24.8. The van der Waals surface area contributed by atoms with E-state index >= 15 is 0 Å². The first kappa shape index (κ1) is 17.8. The van der Waals surface area contributed by atoms with Crippen LogP contribution >= 0.6 is 0 Å². The quantitative estimate of drug-likeness (QED) is 0.880. The van der Waals surface area contributed by atoms with Crippen LogP contribution in [0.5, 0.6) is 0 Å². The number of fused-ring (bicyclic) bond motifs is 1. The Morgan fingerprint density at radius 2 is 1.77 bits per heavy atom. The second-order valence-electron chi connectivity index (χ2n) is 5.99. The van der Waals surface area contributed by atoms with Gasteiger partial charge in [-0.3, -0.25) is 9.59 Å². The summed E-state index contributed by atoms with van der Waals surface area (Å²) < 4.78 is 38.1. The molecule has 0 saturated heterocycles. The number of nitrogens with one attached hydrogen (secondary N) is 1. The average molecular weight is 363 g/mol. The first-order valence-corrected chi connectivity index (χ1v) is 7.89. The monoisotopic (exact) mass is 363 g/mol. The van der Waals surface area contributed by atoms with Crippen molar-refractivity contribution in [3.05, 3.63) is 48.0 Å².